The molecule has 2 N–H and O–H groups in total. The van der Waals surface area contributed by atoms with Gasteiger partial charge in [0.15, 0.2) is 11.5 Å². The molecule has 1 fully saturated rings. The van der Waals surface area contributed by atoms with E-state index in [-0.39, 0.29) is 22.8 Å². The fraction of sp³-hybridized carbons (Fsp3) is 0.467. The number of rotatable bonds is 14. The van der Waals surface area contributed by atoms with Crippen molar-refractivity contribution >= 4 is 17.4 Å². The third-order valence-electron chi connectivity index (χ3n) is 6.78. The Balaban J connectivity index is 2.05. The Labute approximate surface area is 225 Å². The molecule has 1 aliphatic heterocycles. The van der Waals surface area contributed by atoms with Crippen LogP contribution in [0.3, 0.4) is 0 Å². The van der Waals surface area contributed by atoms with Gasteiger partial charge in [-0.15, -0.1) is 0 Å². The Morgan fingerprint density at radius 1 is 1.00 bits per heavy atom. The van der Waals surface area contributed by atoms with Gasteiger partial charge in [-0.3, -0.25) is 9.59 Å². The molecule has 2 aromatic rings. The number of aliphatic hydroxyl groups excluding tert-OH is 1. The van der Waals surface area contributed by atoms with Gasteiger partial charge in [0.25, 0.3) is 11.7 Å². The number of likely N-dealkylation sites (tertiary alicyclic amines) is 1. The number of benzene rings is 2. The van der Waals surface area contributed by atoms with Crippen LogP contribution in [0.15, 0.2) is 48.0 Å². The molecule has 0 bridgehead atoms. The van der Waals surface area contributed by atoms with Crippen LogP contribution in [-0.4, -0.2) is 71.1 Å². The second-order valence-corrected chi connectivity index (χ2v) is 9.26. The smallest absolute Gasteiger partial charge is 0.295 e. The molecule has 3 rings (SSSR count). The minimum Gasteiger partial charge on any atom is -0.507 e. The van der Waals surface area contributed by atoms with Gasteiger partial charge in [0.2, 0.25) is 0 Å². The van der Waals surface area contributed by atoms with Crippen molar-refractivity contribution in [3.63, 3.8) is 0 Å². The van der Waals surface area contributed by atoms with Crippen molar-refractivity contribution in [3.05, 3.63) is 59.2 Å². The molecular weight excluding hydrogens is 484 g/mol. The van der Waals surface area contributed by atoms with Gasteiger partial charge in [-0.25, -0.2) is 0 Å². The normalized spacial score (nSPS) is 16.9. The SMILES string of the molecule is CCCCOc1cccc(/C(O)=C2\C(=O)C(=O)N(CCCN(CC)CC)C2c2ccc(O)c(OCC)c2)c1. The second kappa shape index (κ2) is 13.9. The number of nitrogens with zero attached hydrogens (tertiary/aromatic N) is 2. The van der Waals surface area contributed by atoms with Gasteiger partial charge in [-0.1, -0.05) is 45.4 Å². The van der Waals surface area contributed by atoms with Gasteiger partial charge < -0.3 is 29.5 Å². The van der Waals surface area contributed by atoms with Crippen LogP contribution in [0.5, 0.6) is 17.2 Å². The van der Waals surface area contributed by atoms with Crippen LogP contribution < -0.4 is 9.47 Å². The van der Waals surface area contributed by atoms with Gasteiger partial charge in [0, 0.05) is 12.1 Å². The molecule has 1 heterocycles. The van der Waals surface area contributed by atoms with E-state index in [1.165, 1.54) is 11.0 Å². The predicted octanol–water partition coefficient (Wildman–Crippen LogP) is 5.12. The second-order valence-electron chi connectivity index (χ2n) is 9.26. The van der Waals surface area contributed by atoms with Crippen molar-refractivity contribution in [2.24, 2.45) is 0 Å². The van der Waals surface area contributed by atoms with Gasteiger partial charge in [-0.2, -0.15) is 0 Å². The third kappa shape index (κ3) is 6.67. The minimum absolute atomic E-state index is 0.0108. The Kier molecular flexibility index (Phi) is 10.6. The fourth-order valence-corrected chi connectivity index (χ4v) is 4.66. The van der Waals surface area contributed by atoms with Crippen molar-refractivity contribution in [3.8, 4) is 17.2 Å². The fourth-order valence-electron chi connectivity index (χ4n) is 4.66. The first-order valence-electron chi connectivity index (χ1n) is 13.6. The number of phenols is 1. The average molecular weight is 525 g/mol. The zero-order valence-electron chi connectivity index (χ0n) is 22.9. The summed E-state index contributed by atoms with van der Waals surface area (Å²) in [5.74, 6) is -0.852. The number of aliphatic hydroxyl groups is 1. The molecular formula is C30H40N2O6. The molecule has 1 unspecified atom stereocenters. The molecule has 1 amide bonds. The highest BCUT2D eigenvalue weighted by molar-refractivity contribution is 6.46. The average Bonchev–Trinajstić information content (AvgIpc) is 3.17. The maximum absolute atomic E-state index is 13.4. The lowest BCUT2D eigenvalue weighted by Gasteiger charge is -2.27. The maximum Gasteiger partial charge on any atom is 0.295 e. The van der Waals surface area contributed by atoms with Crippen molar-refractivity contribution in [2.45, 2.75) is 53.0 Å². The van der Waals surface area contributed by atoms with Crippen molar-refractivity contribution < 1.29 is 29.3 Å². The summed E-state index contributed by atoms with van der Waals surface area (Å²) in [4.78, 5) is 30.4. The number of ketones is 1. The maximum atomic E-state index is 13.4. The van der Waals surface area contributed by atoms with Crippen molar-refractivity contribution in [2.75, 3.05) is 39.4 Å². The Morgan fingerprint density at radius 2 is 1.76 bits per heavy atom. The number of hydrogen-bond donors (Lipinski definition) is 2. The van der Waals surface area contributed by atoms with E-state index < -0.39 is 17.7 Å². The molecule has 0 spiro atoms. The lowest BCUT2D eigenvalue weighted by atomic mass is 9.95. The Bertz CT molecular complexity index is 1140. The molecule has 0 aromatic heterocycles. The lowest BCUT2D eigenvalue weighted by molar-refractivity contribution is -0.140. The molecule has 8 nitrogen and oxygen atoms in total. The molecule has 0 aliphatic carbocycles. The number of aromatic hydroxyl groups is 1. The van der Waals surface area contributed by atoms with Crippen LogP contribution in [0.2, 0.25) is 0 Å². The van der Waals surface area contributed by atoms with Crippen molar-refractivity contribution in [1.82, 2.24) is 9.80 Å². The van der Waals surface area contributed by atoms with Crippen LogP contribution in [0.4, 0.5) is 0 Å². The van der Waals surface area contributed by atoms with E-state index in [0.29, 0.717) is 43.1 Å². The van der Waals surface area contributed by atoms with Crippen LogP contribution in [-0.2, 0) is 9.59 Å². The molecule has 38 heavy (non-hydrogen) atoms. The summed E-state index contributed by atoms with van der Waals surface area (Å²) < 4.78 is 11.4. The predicted molar refractivity (Wildman–Crippen MR) is 148 cm³/mol. The van der Waals surface area contributed by atoms with E-state index in [0.717, 1.165) is 32.5 Å². The summed E-state index contributed by atoms with van der Waals surface area (Å²) in [5.41, 5.74) is 0.982. The molecule has 1 saturated heterocycles. The number of Topliss-reactive ketones (excluding diaryl/α,β-unsaturated/α-hetero) is 1. The molecule has 0 saturated carbocycles. The summed E-state index contributed by atoms with van der Waals surface area (Å²) in [6.07, 6.45) is 2.56. The number of hydrogen-bond acceptors (Lipinski definition) is 7. The topological polar surface area (TPSA) is 99.5 Å². The zero-order chi connectivity index (χ0) is 27.7. The number of carbonyl (C=O) groups is 2. The zero-order valence-corrected chi connectivity index (χ0v) is 22.9. The number of unbranched alkanes of at least 4 members (excludes halogenated alkanes) is 1. The van der Waals surface area contributed by atoms with Gasteiger partial charge in [0.05, 0.1) is 24.8 Å². The standard InChI is InChI=1S/C30H40N2O6/c1-5-9-18-38-23-13-10-12-22(19-23)28(34)26-27(21-14-15-24(33)25(20-21)37-8-4)32(30(36)29(26)35)17-11-16-31(6-2)7-3/h10,12-15,19-20,27,33-34H,5-9,11,16-18H2,1-4H3/b28-26+. The number of phenolic OH excluding ortho intramolecular Hbond substituents is 1. The van der Waals surface area contributed by atoms with Crippen LogP contribution >= 0.6 is 0 Å². The molecule has 2 aromatic carbocycles. The summed E-state index contributed by atoms with van der Waals surface area (Å²) in [5, 5.41) is 21.7. The number of carbonyl (C=O) groups excluding carboxylic acids is 2. The molecule has 8 heteroatoms. The molecule has 1 aliphatic rings. The highest BCUT2D eigenvalue weighted by Crippen LogP contribution is 2.42. The first-order valence-corrected chi connectivity index (χ1v) is 13.6. The number of amides is 1. The Hall–Kier alpha value is -3.52. The van der Waals surface area contributed by atoms with E-state index in [4.69, 9.17) is 9.47 Å². The van der Waals surface area contributed by atoms with Gasteiger partial charge in [0.1, 0.15) is 11.5 Å². The summed E-state index contributed by atoms with van der Waals surface area (Å²) in [6, 6.07) is 10.9. The summed E-state index contributed by atoms with van der Waals surface area (Å²) in [7, 11) is 0. The van der Waals surface area contributed by atoms with Crippen molar-refractivity contribution in [1.29, 1.82) is 0 Å². The quantitative estimate of drug-likeness (QED) is 0.153. The monoisotopic (exact) mass is 524 g/mol. The van der Waals surface area contributed by atoms with E-state index in [1.54, 1.807) is 43.3 Å². The third-order valence-corrected chi connectivity index (χ3v) is 6.78. The minimum atomic E-state index is -0.823. The summed E-state index contributed by atoms with van der Waals surface area (Å²) >= 11 is 0. The van der Waals surface area contributed by atoms with Crippen LogP contribution in [0, 0.1) is 0 Å². The largest absolute Gasteiger partial charge is 0.507 e. The first-order chi connectivity index (χ1) is 18.4. The van der Waals surface area contributed by atoms with Crippen LogP contribution in [0.25, 0.3) is 5.76 Å². The van der Waals surface area contributed by atoms with E-state index in [1.807, 2.05) is 0 Å². The van der Waals surface area contributed by atoms with Gasteiger partial charge in [-0.05, 0) is 69.2 Å². The molecule has 1 atom stereocenters. The van der Waals surface area contributed by atoms with Gasteiger partial charge >= 0.3 is 0 Å². The number of ether oxygens (including phenoxy) is 2. The molecule has 206 valence electrons. The highest BCUT2D eigenvalue weighted by Gasteiger charge is 2.46. The Morgan fingerprint density at radius 3 is 2.45 bits per heavy atom. The molecule has 0 radical (unpaired) electrons. The van der Waals surface area contributed by atoms with E-state index in [2.05, 4.69) is 25.7 Å². The van der Waals surface area contributed by atoms with E-state index >= 15 is 0 Å². The van der Waals surface area contributed by atoms with Crippen LogP contribution in [0.1, 0.15) is 64.1 Å². The van der Waals surface area contributed by atoms with E-state index in [9.17, 15) is 19.8 Å². The lowest BCUT2D eigenvalue weighted by Crippen LogP contribution is -2.33. The first kappa shape index (κ1) is 29.0. The highest BCUT2D eigenvalue weighted by atomic mass is 16.5. The summed E-state index contributed by atoms with van der Waals surface area (Å²) in [6.45, 7) is 11.8.